The van der Waals surface area contributed by atoms with E-state index in [0.717, 1.165) is 11.1 Å². The van der Waals surface area contributed by atoms with Gasteiger partial charge in [-0.05, 0) is 49.2 Å². The van der Waals surface area contributed by atoms with Crippen molar-refractivity contribution in [1.82, 2.24) is 0 Å². The first-order valence-corrected chi connectivity index (χ1v) is 6.55. The first kappa shape index (κ1) is 14.2. The fourth-order valence-corrected chi connectivity index (χ4v) is 1.91. The van der Waals surface area contributed by atoms with Gasteiger partial charge in [-0.25, -0.2) is 4.39 Å². The maximum absolute atomic E-state index is 13.6. The minimum absolute atomic E-state index is 0.109. The van der Waals surface area contributed by atoms with Crippen molar-refractivity contribution in [3.63, 3.8) is 0 Å². The normalized spacial score (nSPS) is 10.3. The molecule has 2 N–H and O–H groups in total. The number of ether oxygens (including phenoxy) is 1. The lowest BCUT2D eigenvalue weighted by Crippen LogP contribution is -2.02. The molecule has 0 unspecified atom stereocenters. The van der Waals surface area contributed by atoms with E-state index in [1.54, 1.807) is 30.3 Å². The smallest absolute Gasteiger partial charge is 0.161 e. The third kappa shape index (κ3) is 3.41. The Morgan fingerprint density at radius 2 is 2.00 bits per heavy atom. The van der Waals surface area contributed by atoms with Crippen molar-refractivity contribution in [2.45, 2.75) is 20.4 Å². The summed E-state index contributed by atoms with van der Waals surface area (Å²) >= 11 is 0. The molecule has 0 saturated heterocycles. The van der Waals surface area contributed by atoms with Crippen LogP contribution in [0.3, 0.4) is 0 Å². The second-order valence-corrected chi connectivity index (χ2v) is 4.57. The largest absolute Gasteiger partial charge is 0.504 e. The van der Waals surface area contributed by atoms with Crippen LogP contribution in [0.5, 0.6) is 11.5 Å². The Morgan fingerprint density at radius 1 is 1.20 bits per heavy atom. The zero-order chi connectivity index (χ0) is 14.5. The summed E-state index contributed by atoms with van der Waals surface area (Å²) in [6, 6.07) is 10.0. The van der Waals surface area contributed by atoms with Crippen LogP contribution >= 0.6 is 0 Å². The van der Waals surface area contributed by atoms with Crippen LogP contribution in [0.2, 0.25) is 0 Å². The minimum atomic E-state index is -0.278. The lowest BCUT2D eigenvalue weighted by molar-refractivity contribution is 0.318. The number of halogens is 1. The van der Waals surface area contributed by atoms with E-state index in [1.807, 2.05) is 13.8 Å². The third-order valence-electron chi connectivity index (χ3n) is 2.93. The van der Waals surface area contributed by atoms with E-state index in [-0.39, 0.29) is 11.6 Å². The molecule has 0 aliphatic heterocycles. The minimum Gasteiger partial charge on any atom is -0.504 e. The summed E-state index contributed by atoms with van der Waals surface area (Å²) in [5.41, 5.74) is 2.37. The number of anilines is 1. The molecule has 2 aromatic rings. The van der Waals surface area contributed by atoms with Crippen LogP contribution in [0.1, 0.15) is 18.1 Å². The quantitative estimate of drug-likeness (QED) is 0.871. The Kier molecular flexibility index (Phi) is 4.45. The van der Waals surface area contributed by atoms with E-state index < -0.39 is 0 Å². The van der Waals surface area contributed by atoms with Crippen molar-refractivity contribution < 1.29 is 14.2 Å². The number of hydrogen-bond donors (Lipinski definition) is 2. The van der Waals surface area contributed by atoms with Crippen molar-refractivity contribution in [2.75, 3.05) is 11.9 Å². The van der Waals surface area contributed by atoms with Crippen molar-refractivity contribution in [3.05, 3.63) is 53.3 Å². The van der Waals surface area contributed by atoms with Crippen molar-refractivity contribution in [3.8, 4) is 11.5 Å². The fourth-order valence-electron chi connectivity index (χ4n) is 1.91. The number of aromatic hydroxyl groups is 1. The van der Waals surface area contributed by atoms with E-state index in [0.29, 0.717) is 24.6 Å². The molecule has 0 spiro atoms. The second-order valence-electron chi connectivity index (χ2n) is 4.57. The van der Waals surface area contributed by atoms with E-state index in [9.17, 15) is 9.50 Å². The highest BCUT2D eigenvalue weighted by Gasteiger charge is 2.05. The third-order valence-corrected chi connectivity index (χ3v) is 2.93. The Morgan fingerprint density at radius 3 is 2.75 bits per heavy atom. The molecule has 0 amide bonds. The summed E-state index contributed by atoms with van der Waals surface area (Å²) in [5, 5.41) is 12.7. The molecule has 4 heteroatoms. The molecule has 0 fully saturated rings. The number of phenolic OH excluding ortho intramolecular Hbond substituents is 1. The molecule has 20 heavy (non-hydrogen) atoms. The predicted octanol–water partition coefficient (Wildman–Crippen LogP) is 3.85. The van der Waals surface area contributed by atoms with E-state index in [1.165, 1.54) is 6.07 Å². The van der Waals surface area contributed by atoms with Crippen LogP contribution in [0.4, 0.5) is 10.1 Å². The van der Waals surface area contributed by atoms with Crippen LogP contribution in [0, 0.1) is 12.7 Å². The lowest BCUT2D eigenvalue weighted by atomic mass is 10.1. The number of benzene rings is 2. The zero-order valence-corrected chi connectivity index (χ0v) is 11.6. The lowest BCUT2D eigenvalue weighted by Gasteiger charge is -2.11. The van der Waals surface area contributed by atoms with Crippen LogP contribution in [0.15, 0.2) is 36.4 Å². The molecule has 0 atom stereocenters. The van der Waals surface area contributed by atoms with Gasteiger partial charge in [0.05, 0.1) is 12.3 Å². The van der Waals surface area contributed by atoms with Crippen molar-refractivity contribution >= 4 is 5.69 Å². The summed E-state index contributed by atoms with van der Waals surface area (Å²) in [7, 11) is 0. The van der Waals surface area contributed by atoms with Gasteiger partial charge in [0.1, 0.15) is 5.82 Å². The first-order chi connectivity index (χ1) is 9.60. The van der Waals surface area contributed by atoms with E-state index in [4.69, 9.17) is 4.74 Å². The summed E-state index contributed by atoms with van der Waals surface area (Å²) in [4.78, 5) is 0. The Labute approximate surface area is 118 Å². The summed E-state index contributed by atoms with van der Waals surface area (Å²) in [6.45, 7) is 4.71. The molecule has 0 aliphatic carbocycles. The van der Waals surface area contributed by atoms with Gasteiger partial charge in [-0.1, -0.05) is 12.1 Å². The Hall–Kier alpha value is -2.23. The molecular formula is C16H18FNO2. The summed E-state index contributed by atoms with van der Waals surface area (Å²) < 4.78 is 18.9. The molecule has 0 saturated carbocycles. The van der Waals surface area contributed by atoms with Crippen molar-refractivity contribution in [1.29, 1.82) is 0 Å². The standard InChI is InChI=1S/C16H18FNO2/c1-3-20-16-9-12(5-7-15(16)19)10-18-14-8-11(2)4-6-13(14)17/h4-9,18-19H,3,10H2,1-2H3. The second kappa shape index (κ2) is 6.28. The van der Waals surface area contributed by atoms with Gasteiger partial charge in [0, 0.05) is 6.54 Å². The maximum atomic E-state index is 13.6. The summed E-state index contributed by atoms with van der Waals surface area (Å²) in [5.74, 6) is 0.272. The molecule has 0 aromatic heterocycles. The van der Waals surface area contributed by atoms with Gasteiger partial charge in [-0.3, -0.25) is 0 Å². The van der Waals surface area contributed by atoms with Crippen LogP contribution in [0.25, 0.3) is 0 Å². The molecule has 0 radical (unpaired) electrons. The maximum Gasteiger partial charge on any atom is 0.161 e. The Bertz CT molecular complexity index is 599. The van der Waals surface area contributed by atoms with Crippen molar-refractivity contribution in [2.24, 2.45) is 0 Å². The van der Waals surface area contributed by atoms with Gasteiger partial charge in [0.25, 0.3) is 0 Å². The van der Waals surface area contributed by atoms with Gasteiger partial charge >= 0.3 is 0 Å². The van der Waals surface area contributed by atoms with Gasteiger partial charge in [-0.2, -0.15) is 0 Å². The SMILES string of the molecule is CCOc1cc(CNc2cc(C)ccc2F)ccc1O. The van der Waals surface area contributed by atoms with E-state index >= 15 is 0 Å². The number of rotatable bonds is 5. The number of nitrogens with one attached hydrogen (secondary N) is 1. The zero-order valence-electron chi connectivity index (χ0n) is 11.6. The molecule has 3 nitrogen and oxygen atoms in total. The highest BCUT2D eigenvalue weighted by molar-refractivity contribution is 5.48. The molecule has 0 heterocycles. The topological polar surface area (TPSA) is 41.5 Å². The average molecular weight is 275 g/mol. The molecule has 0 bridgehead atoms. The number of aryl methyl sites for hydroxylation is 1. The van der Waals surface area contributed by atoms with Crippen LogP contribution in [-0.4, -0.2) is 11.7 Å². The van der Waals surface area contributed by atoms with Gasteiger partial charge in [0.15, 0.2) is 11.5 Å². The van der Waals surface area contributed by atoms with E-state index in [2.05, 4.69) is 5.32 Å². The highest BCUT2D eigenvalue weighted by Crippen LogP contribution is 2.27. The average Bonchev–Trinajstić information content (AvgIpc) is 2.43. The molecule has 106 valence electrons. The molecular weight excluding hydrogens is 257 g/mol. The highest BCUT2D eigenvalue weighted by atomic mass is 19.1. The number of phenols is 1. The van der Waals surface area contributed by atoms with Gasteiger partial charge in [-0.15, -0.1) is 0 Å². The number of hydrogen-bond acceptors (Lipinski definition) is 3. The molecule has 2 rings (SSSR count). The summed E-state index contributed by atoms with van der Waals surface area (Å²) in [6.07, 6.45) is 0. The van der Waals surface area contributed by atoms with Gasteiger partial charge in [0.2, 0.25) is 0 Å². The van der Waals surface area contributed by atoms with Gasteiger partial charge < -0.3 is 15.2 Å². The van der Waals surface area contributed by atoms with Crippen LogP contribution < -0.4 is 10.1 Å². The fraction of sp³-hybridized carbons (Fsp3) is 0.250. The predicted molar refractivity (Wildman–Crippen MR) is 77.7 cm³/mol. The van der Waals surface area contributed by atoms with Crippen LogP contribution in [-0.2, 0) is 6.54 Å². The Balaban J connectivity index is 2.10. The molecule has 2 aromatic carbocycles. The molecule has 0 aliphatic rings. The first-order valence-electron chi connectivity index (χ1n) is 6.55. The monoisotopic (exact) mass is 275 g/mol.